The number of carboxylic acids is 1. The number of rotatable bonds is 6. The van der Waals surface area contributed by atoms with Crippen LogP contribution in [0.3, 0.4) is 0 Å². The number of hydrogen-bond donors (Lipinski definition) is 2. The number of carboxylic acid groups (broad SMARTS) is 1. The van der Waals surface area contributed by atoms with Crippen LogP contribution in [0.4, 0.5) is 5.95 Å². The molecule has 1 aliphatic rings. The van der Waals surface area contributed by atoms with E-state index in [0.29, 0.717) is 17.3 Å². The van der Waals surface area contributed by atoms with Gasteiger partial charge >= 0.3 is 5.97 Å². The van der Waals surface area contributed by atoms with Crippen LogP contribution in [-0.2, 0) is 16.8 Å². The summed E-state index contributed by atoms with van der Waals surface area (Å²) in [6.45, 7) is -0.234. The van der Waals surface area contributed by atoms with Gasteiger partial charge in [0, 0.05) is 30.4 Å². The van der Waals surface area contributed by atoms with Crippen molar-refractivity contribution < 1.29 is 14.4 Å². The van der Waals surface area contributed by atoms with Crippen LogP contribution in [0.25, 0.3) is 22.7 Å². The third kappa shape index (κ3) is 3.39. The normalized spacial score (nSPS) is 14.8. The number of anilines is 1. The lowest BCUT2D eigenvalue weighted by Crippen LogP contribution is -2.36. The zero-order chi connectivity index (χ0) is 21.4. The van der Waals surface area contributed by atoms with Gasteiger partial charge < -0.3 is 15.4 Å². The Morgan fingerprint density at radius 3 is 2.58 bits per heavy atom. The van der Waals surface area contributed by atoms with Gasteiger partial charge in [0.1, 0.15) is 6.54 Å². The molecule has 11 nitrogen and oxygen atoms in total. The molecule has 0 saturated heterocycles. The maximum atomic E-state index is 10.9. The topological polar surface area (TPSA) is 159 Å². The Labute approximate surface area is 176 Å². The zero-order valence-corrected chi connectivity index (χ0v) is 16.3. The third-order valence-electron chi connectivity index (χ3n) is 5.52. The summed E-state index contributed by atoms with van der Waals surface area (Å²) in [5, 5.41) is 17.1. The summed E-state index contributed by atoms with van der Waals surface area (Å²) in [4.78, 5) is 28.0. The van der Waals surface area contributed by atoms with Gasteiger partial charge in [0.25, 0.3) is 5.89 Å². The quantitative estimate of drug-likeness (QED) is 0.473. The number of pyridine rings is 1. The first-order valence-electron chi connectivity index (χ1n) is 9.67. The van der Waals surface area contributed by atoms with Gasteiger partial charge in [0.15, 0.2) is 5.82 Å². The number of aliphatic carboxylic acids is 1. The summed E-state index contributed by atoms with van der Waals surface area (Å²) in [6, 6.07) is 3.93. The maximum absolute atomic E-state index is 10.9. The van der Waals surface area contributed by atoms with Crippen LogP contribution in [0.15, 0.2) is 47.6 Å². The molecule has 11 heteroatoms. The molecule has 0 aromatic carbocycles. The molecule has 0 radical (unpaired) electrons. The summed E-state index contributed by atoms with van der Waals surface area (Å²) in [6.07, 6.45) is 11.0. The second-order valence-corrected chi connectivity index (χ2v) is 7.44. The van der Waals surface area contributed by atoms with Crippen LogP contribution in [0.2, 0.25) is 0 Å². The molecule has 0 amide bonds. The Hall–Kier alpha value is -4.15. The molecule has 4 heterocycles. The number of nitrogen functional groups attached to an aromatic ring is 1. The maximum Gasteiger partial charge on any atom is 0.325 e. The lowest BCUT2D eigenvalue weighted by Gasteiger charge is -2.39. The van der Waals surface area contributed by atoms with E-state index < -0.39 is 5.97 Å². The molecule has 1 aliphatic carbocycles. The molecule has 0 bridgehead atoms. The SMILES string of the molecule is Nc1ncc(-c2ccc(C3(c4noc(-c5cnn(CC(=O)O)c5)n4)CCC3)cn2)cn1. The molecular weight excluding hydrogens is 400 g/mol. The number of nitrogens with two attached hydrogens (primary N) is 1. The highest BCUT2D eigenvalue weighted by Crippen LogP contribution is 2.48. The standard InChI is InChI=1S/C20H18N8O3/c21-19-23-6-12(7-24-19)15-3-2-14(9-22-15)20(4-1-5-20)18-26-17(31-27-18)13-8-25-28(10-13)11-16(29)30/h2-3,6-10H,1,4-5,11H2,(H,29,30)(H2,21,23,24). The smallest absolute Gasteiger partial charge is 0.325 e. The molecule has 0 unspecified atom stereocenters. The van der Waals surface area contributed by atoms with Crippen molar-refractivity contribution in [3.05, 3.63) is 54.5 Å². The molecule has 4 aromatic rings. The fraction of sp³-hybridized carbons (Fsp3) is 0.250. The lowest BCUT2D eigenvalue weighted by molar-refractivity contribution is -0.137. The average molecular weight is 418 g/mol. The molecule has 1 saturated carbocycles. The summed E-state index contributed by atoms with van der Waals surface area (Å²) in [5.41, 5.74) is 8.30. The number of carbonyl (C=O) groups is 1. The largest absolute Gasteiger partial charge is 0.480 e. The van der Waals surface area contributed by atoms with Crippen molar-refractivity contribution in [1.29, 1.82) is 0 Å². The first-order valence-corrected chi connectivity index (χ1v) is 9.67. The Morgan fingerprint density at radius 2 is 1.94 bits per heavy atom. The third-order valence-corrected chi connectivity index (χ3v) is 5.52. The van der Waals surface area contributed by atoms with Crippen LogP contribution in [0.5, 0.6) is 0 Å². The van der Waals surface area contributed by atoms with Gasteiger partial charge in [-0.3, -0.25) is 14.5 Å². The molecule has 0 atom stereocenters. The Balaban J connectivity index is 1.42. The predicted molar refractivity (Wildman–Crippen MR) is 107 cm³/mol. The summed E-state index contributed by atoms with van der Waals surface area (Å²) in [5.74, 6) is 0.137. The van der Waals surface area contributed by atoms with Gasteiger partial charge in [-0.1, -0.05) is 17.6 Å². The van der Waals surface area contributed by atoms with Gasteiger partial charge in [-0.25, -0.2) is 9.97 Å². The molecular formula is C20H18N8O3. The van der Waals surface area contributed by atoms with E-state index in [-0.39, 0.29) is 17.9 Å². The zero-order valence-electron chi connectivity index (χ0n) is 16.3. The van der Waals surface area contributed by atoms with Crippen LogP contribution >= 0.6 is 0 Å². The van der Waals surface area contributed by atoms with Crippen molar-refractivity contribution >= 4 is 11.9 Å². The van der Waals surface area contributed by atoms with Gasteiger partial charge in [-0.05, 0) is 24.5 Å². The van der Waals surface area contributed by atoms with Crippen LogP contribution < -0.4 is 5.73 Å². The highest BCUT2D eigenvalue weighted by molar-refractivity contribution is 5.66. The number of aromatic nitrogens is 7. The second kappa shape index (κ2) is 7.27. The Bertz CT molecular complexity index is 1230. The van der Waals surface area contributed by atoms with Crippen molar-refractivity contribution in [1.82, 2.24) is 34.9 Å². The lowest BCUT2D eigenvalue weighted by atomic mass is 9.64. The molecule has 1 fully saturated rings. The summed E-state index contributed by atoms with van der Waals surface area (Å²) < 4.78 is 6.78. The number of nitrogens with zero attached hydrogens (tertiary/aromatic N) is 7. The predicted octanol–water partition coefficient (Wildman–Crippen LogP) is 1.92. The molecule has 156 valence electrons. The molecule has 3 N–H and O–H groups in total. The Morgan fingerprint density at radius 1 is 1.13 bits per heavy atom. The van der Waals surface area contributed by atoms with Crippen molar-refractivity contribution in [2.75, 3.05) is 5.73 Å². The van der Waals surface area contributed by atoms with Crippen molar-refractivity contribution in [3.63, 3.8) is 0 Å². The fourth-order valence-corrected chi connectivity index (χ4v) is 3.72. The van der Waals surface area contributed by atoms with Gasteiger partial charge in [-0.15, -0.1) is 0 Å². The minimum Gasteiger partial charge on any atom is -0.480 e. The van der Waals surface area contributed by atoms with Crippen LogP contribution in [-0.4, -0.2) is 45.9 Å². The highest BCUT2D eigenvalue weighted by atomic mass is 16.5. The van der Waals surface area contributed by atoms with E-state index >= 15 is 0 Å². The van der Waals surface area contributed by atoms with Crippen LogP contribution in [0, 0.1) is 0 Å². The highest BCUT2D eigenvalue weighted by Gasteiger charge is 2.45. The van der Waals surface area contributed by atoms with Gasteiger partial charge in [-0.2, -0.15) is 10.1 Å². The van der Waals surface area contributed by atoms with Crippen molar-refractivity contribution in [3.8, 4) is 22.7 Å². The fourth-order valence-electron chi connectivity index (χ4n) is 3.72. The molecule has 31 heavy (non-hydrogen) atoms. The summed E-state index contributed by atoms with van der Waals surface area (Å²) >= 11 is 0. The van der Waals surface area contributed by atoms with Gasteiger partial charge in [0.05, 0.1) is 22.9 Å². The van der Waals surface area contributed by atoms with E-state index in [1.165, 1.54) is 10.9 Å². The molecule has 4 aromatic heterocycles. The minimum atomic E-state index is -0.976. The number of hydrogen-bond acceptors (Lipinski definition) is 9. The second-order valence-electron chi connectivity index (χ2n) is 7.44. The first kappa shape index (κ1) is 18.9. The van der Waals surface area contributed by atoms with E-state index in [2.05, 4.69) is 30.2 Å². The van der Waals surface area contributed by atoms with E-state index in [1.807, 2.05) is 18.3 Å². The van der Waals surface area contributed by atoms with E-state index in [9.17, 15) is 4.79 Å². The van der Waals surface area contributed by atoms with Crippen molar-refractivity contribution in [2.24, 2.45) is 0 Å². The monoisotopic (exact) mass is 418 g/mol. The molecule has 0 spiro atoms. The molecule has 0 aliphatic heterocycles. The van der Waals surface area contributed by atoms with E-state index in [4.69, 9.17) is 15.4 Å². The molecule has 5 rings (SSSR count). The van der Waals surface area contributed by atoms with Crippen LogP contribution in [0.1, 0.15) is 30.7 Å². The van der Waals surface area contributed by atoms with E-state index in [1.54, 1.807) is 18.6 Å². The minimum absolute atomic E-state index is 0.218. The van der Waals surface area contributed by atoms with Gasteiger partial charge in [0.2, 0.25) is 5.95 Å². The summed E-state index contributed by atoms with van der Waals surface area (Å²) in [7, 11) is 0. The van der Waals surface area contributed by atoms with E-state index in [0.717, 1.165) is 36.1 Å². The average Bonchev–Trinajstić information content (AvgIpc) is 3.38. The Kier molecular flexibility index (Phi) is 4.42. The first-order chi connectivity index (χ1) is 15.0. The van der Waals surface area contributed by atoms with Crippen molar-refractivity contribution in [2.45, 2.75) is 31.2 Å².